The number of ether oxygens (including phenoxy) is 1. The first-order valence-corrected chi connectivity index (χ1v) is 8.30. The second-order valence-electron chi connectivity index (χ2n) is 5.91. The molecule has 0 bridgehead atoms. The summed E-state index contributed by atoms with van der Waals surface area (Å²) >= 11 is 0. The number of esters is 1. The number of hydrogen-bond donors (Lipinski definition) is 0. The lowest BCUT2D eigenvalue weighted by molar-refractivity contribution is 0.0268. The first-order valence-electron chi connectivity index (χ1n) is 8.30. The Morgan fingerprint density at radius 1 is 1.00 bits per heavy atom. The Hall–Kier alpha value is -2.16. The van der Waals surface area contributed by atoms with Gasteiger partial charge in [-0.05, 0) is 48.7 Å². The molecule has 3 heteroatoms. The van der Waals surface area contributed by atoms with Crippen molar-refractivity contribution in [1.82, 2.24) is 0 Å². The number of fused-ring (bicyclic) bond motifs is 1. The molecule has 0 amide bonds. The van der Waals surface area contributed by atoms with Gasteiger partial charge in [-0.2, -0.15) is 0 Å². The Kier molecular flexibility index (Phi) is 5.91. The van der Waals surface area contributed by atoms with E-state index >= 15 is 0 Å². The van der Waals surface area contributed by atoms with E-state index in [1.807, 2.05) is 25.1 Å². The standard InChI is InChI=1S/C20H24O3/c1-4-6-7-19(5-2)23-20(22)17-11-9-15-8-10-16(14(3)21)12-18(15)13-17/h8-13,19H,4-7H2,1-3H3. The molecular formula is C20H24O3. The molecule has 2 aromatic rings. The van der Waals surface area contributed by atoms with Gasteiger partial charge in [-0.25, -0.2) is 4.79 Å². The van der Waals surface area contributed by atoms with Gasteiger partial charge in [-0.3, -0.25) is 4.79 Å². The summed E-state index contributed by atoms with van der Waals surface area (Å²) < 4.78 is 5.61. The van der Waals surface area contributed by atoms with Crippen LogP contribution in [0.2, 0.25) is 0 Å². The lowest BCUT2D eigenvalue weighted by Crippen LogP contribution is -2.17. The fourth-order valence-electron chi connectivity index (χ4n) is 2.59. The number of carbonyl (C=O) groups excluding carboxylic acids is 2. The molecule has 0 aliphatic heterocycles. The third-order valence-electron chi connectivity index (χ3n) is 4.09. The van der Waals surface area contributed by atoms with Crippen LogP contribution in [0.3, 0.4) is 0 Å². The molecule has 2 aromatic carbocycles. The van der Waals surface area contributed by atoms with Crippen molar-refractivity contribution < 1.29 is 14.3 Å². The molecule has 0 radical (unpaired) electrons. The van der Waals surface area contributed by atoms with Gasteiger partial charge < -0.3 is 4.74 Å². The Morgan fingerprint density at radius 3 is 2.26 bits per heavy atom. The average molecular weight is 312 g/mol. The predicted molar refractivity (Wildman–Crippen MR) is 93.0 cm³/mol. The van der Waals surface area contributed by atoms with Crippen LogP contribution in [-0.4, -0.2) is 17.9 Å². The molecule has 0 aromatic heterocycles. The predicted octanol–water partition coefficient (Wildman–Crippen LogP) is 5.17. The van der Waals surface area contributed by atoms with Crippen molar-refractivity contribution in [3.8, 4) is 0 Å². The van der Waals surface area contributed by atoms with Crippen molar-refractivity contribution >= 4 is 22.5 Å². The molecule has 1 unspecified atom stereocenters. The minimum absolute atomic E-state index is 0.0190. The van der Waals surface area contributed by atoms with Gasteiger partial charge in [0.15, 0.2) is 5.78 Å². The third kappa shape index (κ3) is 4.41. The summed E-state index contributed by atoms with van der Waals surface area (Å²) in [5.41, 5.74) is 1.19. The highest BCUT2D eigenvalue weighted by Crippen LogP contribution is 2.20. The summed E-state index contributed by atoms with van der Waals surface area (Å²) in [6, 6.07) is 11.0. The molecule has 0 saturated carbocycles. The van der Waals surface area contributed by atoms with E-state index in [-0.39, 0.29) is 17.9 Å². The summed E-state index contributed by atoms with van der Waals surface area (Å²) in [4.78, 5) is 23.9. The summed E-state index contributed by atoms with van der Waals surface area (Å²) in [6.45, 7) is 5.70. The first-order chi connectivity index (χ1) is 11.0. The molecule has 0 saturated heterocycles. The van der Waals surface area contributed by atoms with E-state index in [1.165, 1.54) is 0 Å². The molecule has 3 nitrogen and oxygen atoms in total. The lowest BCUT2D eigenvalue weighted by Gasteiger charge is -2.16. The molecule has 0 heterocycles. The van der Waals surface area contributed by atoms with Crippen LogP contribution >= 0.6 is 0 Å². The summed E-state index contributed by atoms with van der Waals surface area (Å²) in [7, 11) is 0. The number of carbonyl (C=O) groups is 2. The molecule has 1 atom stereocenters. The van der Waals surface area contributed by atoms with Crippen LogP contribution in [0.25, 0.3) is 10.8 Å². The van der Waals surface area contributed by atoms with Gasteiger partial charge in [0.1, 0.15) is 6.10 Å². The maximum Gasteiger partial charge on any atom is 0.338 e. The minimum atomic E-state index is -0.289. The molecule has 2 rings (SSSR count). The smallest absolute Gasteiger partial charge is 0.338 e. The van der Waals surface area contributed by atoms with E-state index in [0.717, 1.165) is 36.5 Å². The number of ketones is 1. The van der Waals surface area contributed by atoms with Gasteiger partial charge in [0.2, 0.25) is 0 Å². The fourth-order valence-corrected chi connectivity index (χ4v) is 2.59. The van der Waals surface area contributed by atoms with Gasteiger partial charge in [-0.1, -0.05) is 44.9 Å². The highest BCUT2D eigenvalue weighted by molar-refractivity contribution is 6.00. The molecule has 0 spiro atoms. The van der Waals surface area contributed by atoms with Crippen molar-refractivity contribution in [3.05, 3.63) is 47.5 Å². The third-order valence-corrected chi connectivity index (χ3v) is 4.09. The summed E-state index contributed by atoms with van der Waals surface area (Å²) in [5.74, 6) is -0.270. The Balaban J connectivity index is 2.21. The molecular weight excluding hydrogens is 288 g/mol. The van der Waals surface area contributed by atoms with Crippen molar-refractivity contribution in [3.63, 3.8) is 0 Å². The van der Waals surface area contributed by atoms with Gasteiger partial charge in [-0.15, -0.1) is 0 Å². The highest BCUT2D eigenvalue weighted by Gasteiger charge is 2.14. The monoisotopic (exact) mass is 312 g/mol. The van der Waals surface area contributed by atoms with Gasteiger partial charge in [0.25, 0.3) is 0 Å². The number of benzene rings is 2. The molecule has 23 heavy (non-hydrogen) atoms. The molecule has 122 valence electrons. The Labute approximate surface area is 137 Å². The number of unbranched alkanes of at least 4 members (excludes halogenated alkanes) is 1. The minimum Gasteiger partial charge on any atom is -0.459 e. The van der Waals surface area contributed by atoms with E-state index in [4.69, 9.17) is 4.74 Å². The quantitative estimate of drug-likeness (QED) is 0.523. The van der Waals surface area contributed by atoms with Crippen LogP contribution in [0.4, 0.5) is 0 Å². The fraction of sp³-hybridized carbons (Fsp3) is 0.400. The van der Waals surface area contributed by atoms with Crippen LogP contribution in [-0.2, 0) is 4.74 Å². The van der Waals surface area contributed by atoms with Crippen LogP contribution < -0.4 is 0 Å². The van der Waals surface area contributed by atoms with E-state index in [9.17, 15) is 9.59 Å². The molecule has 0 aliphatic carbocycles. The van der Waals surface area contributed by atoms with Crippen molar-refractivity contribution in [2.75, 3.05) is 0 Å². The molecule has 0 fully saturated rings. The number of hydrogen-bond acceptors (Lipinski definition) is 3. The molecule has 0 aliphatic rings. The van der Waals surface area contributed by atoms with Crippen LogP contribution in [0.1, 0.15) is 67.2 Å². The zero-order chi connectivity index (χ0) is 16.8. The van der Waals surface area contributed by atoms with E-state index in [0.29, 0.717) is 11.1 Å². The number of rotatable bonds is 7. The summed E-state index contributed by atoms with van der Waals surface area (Å²) in [5, 5.41) is 1.89. The van der Waals surface area contributed by atoms with E-state index in [1.54, 1.807) is 25.1 Å². The summed E-state index contributed by atoms with van der Waals surface area (Å²) in [6.07, 6.45) is 3.86. The van der Waals surface area contributed by atoms with Crippen molar-refractivity contribution in [1.29, 1.82) is 0 Å². The van der Waals surface area contributed by atoms with E-state index < -0.39 is 0 Å². The second-order valence-corrected chi connectivity index (χ2v) is 5.91. The van der Waals surface area contributed by atoms with Crippen LogP contribution in [0.15, 0.2) is 36.4 Å². The zero-order valence-corrected chi connectivity index (χ0v) is 14.1. The van der Waals surface area contributed by atoms with Gasteiger partial charge in [0, 0.05) is 5.56 Å². The maximum absolute atomic E-state index is 12.4. The number of Topliss-reactive ketones (excluding diaryl/α,β-unsaturated/α-hetero) is 1. The zero-order valence-electron chi connectivity index (χ0n) is 14.1. The van der Waals surface area contributed by atoms with Crippen molar-refractivity contribution in [2.45, 2.75) is 52.6 Å². The second kappa shape index (κ2) is 7.91. The Bertz CT molecular complexity index is 703. The van der Waals surface area contributed by atoms with Crippen molar-refractivity contribution in [2.24, 2.45) is 0 Å². The van der Waals surface area contributed by atoms with Crippen LogP contribution in [0.5, 0.6) is 0 Å². The van der Waals surface area contributed by atoms with Gasteiger partial charge >= 0.3 is 5.97 Å². The van der Waals surface area contributed by atoms with Crippen LogP contribution in [0, 0.1) is 0 Å². The largest absolute Gasteiger partial charge is 0.459 e. The highest BCUT2D eigenvalue weighted by atomic mass is 16.5. The first kappa shape index (κ1) is 17.2. The SMILES string of the molecule is CCCCC(CC)OC(=O)c1ccc2ccc(C(C)=O)cc2c1. The molecule has 0 N–H and O–H groups in total. The Morgan fingerprint density at radius 2 is 1.65 bits per heavy atom. The topological polar surface area (TPSA) is 43.4 Å². The van der Waals surface area contributed by atoms with E-state index in [2.05, 4.69) is 6.92 Å². The normalized spacial score (nSPS) is 12.1. The average Bonchev–Trinajstić information content (AvgIpc) is 2.57. The van der Waals surface area contributed by atoms with Gasteiger partial charge in [0.05, 0.1) is 5.56 Å². The lowest BCUT2D eigenvalue weighted by atomic mass is 10.0. The maximum atomic E-state index is 12.4.